The highest BCUT2D eigenvalue weighted by atomic mass is 16.3. The van der Waals surface area contributed by atoms with Crippen LogP contribution in [0.15, 0.2) is 185 Å². The van der Waals surface area contributed by atoms with Crippen molar-refractivity contribution >= 4 is 55.2 Å². The van der Waals surface area contributed by atoms with Gasteiger partial charge in [-0.15, -0.1) is 0 Å². The SMILES string of the molecule is CN1C(c2ccccc2)=CC(c2ccc3c(c2)oc2c(-n4c5ccccc5c5ccc(-c6ccccc6)cc54)cccc23)=NC1c1ccccc1. The molecule has 51 heavy (non-hydrogen) atoms. The van der Waals surface area contributed by atoms with Crippen LogP contribution in [0, 0.1) is 0 Å². The van der Waals surface area contributed by atoms with E-state index in [4.69, 9.17) is 9.41 Å². The highest BCUT2D eigenvalue weighted by Crippen LogP contribution is 2.40. The largest absolute Gasteiger partial charge is 0.454 e. The van der Waals surface area contributed by atoms with E-state index >= 15 is 0 Å². The van der Waals surface area contributed by atoms with E-state index in [1.54, 1.807) is 0 Å². The Morgan fingerprint density at radius 2 is 1.16 bits per heavy atom. The number of fused-ring (bicyclic) bond motifs is 6. The average molecular weight is 656 g/mol. The highest BCUT2D eigenvalue weighted by Gasteiger charge is 2.26. The third kappa shape index (κ3) is 4.79. The molecule has 0 spiro atoms. The first-order valence-electron chi connectivity index (χ1n) is 17.4. The maximum absolute atomic E-state index is 6.89. The van der Waals surface area contributed by atoms with Gasteiger partial charge in [0.15, 0.2) is 5.58 Å². The van der Waals surface area contributed by atoms with E-state index in [0.29, 0.717) is 0 Å². The molecular formula is C47H33N3O. The lowest BCUT2D eigenvalue weighted by molar-refractivity contribution is 0.364. The van der Waals surface area contributed by atoms with Gasteiger partial charge in [-0.1, -0.05) is 140 Å². The molecule has 1 unspecified atom stereocenters. The van der Waals surface area contributed by atoms with Crippen LogP contribution in [0.2, 0.25) is 0 Å². The third-order valence-electron chi connectivity index (χ3n) is 10.2. The van der Waals surface area contributed by atoms with Gasteiger partial charge in [-0.05, 0) is 58.7 Å². The van der Waals surface area contributed by atoms with Gasteiger partial charge in [-0.25, -0.2) is 0 Å². The van der Waals surface area contributed by atoms with Crippen LogP contribution in [0.25, 0.3) is 66.3 Å². The van der Waals surface area contributed by atoms with Crippen molar-refractivity contribution in [2.75, 3.05) is 7.05 Å². The minimum atomic E-state index is -0.157. The van der Waals surface area contributed by atoms with Crippen molar-refractivity contribution in [3.63, 3.8) is 0 Å². The summed E-state index contributed by atoms with van der Waals surface area (Å²) in [7, 11) is 2.12. The maximum Gasteiger partial charge on any atom is 0.159 e. The summed E-state index contributed by atoms with van der Waals surface area (Å²) in [6.07, 6.45) is 2.04. The van der Waals surface area contributed by atoms with Crippen LogP contribution in [0.3, 0.4) is 0 Å². The lowest BCUT2D eigenvalue weighted by atomic mass is 10.00. The molecule has 1 atom stereocenters. The molecule has 0 aliphatic carbocycles. The molecule has 4 nitrogen and oxygen atoms in total. The number of nitrogens with zero attached hydrogens (tertiary/aromatic N) is 3. The first-order chi connectivity index (χ1) is 25.2. The lowest BCUT2D eigenvalue weighted by Crippen LogP contribution is -2.27. The molecule has 242 valence electrons. The fraction of sp³-hybridized carbons (Fsp3) is 0.0426. The molecule has 0 saturated heterocycles. The standard InChI is InChI=1S/C47H33N3O/c1-49-43(32-16-7-3-8-17-32)30-40(48-47(49)33-18-9-4-10-19-33)35-25-27-38-39-21-13-23-42(46(39)51-45(38)29-35)50-41-22-12-11-20-36(41)37-26-24-34(28-44(37)50)31-14-5-2-6-15-31/h2-30,47H,1H3. The zero-order valence-corrected chi connectivity index (χ0v) is 28.1. The van der Waals surface area contributed by atoms with E-state index in [9.17, 15) is 0 Å². The Balaban J connectivity index is 1.15. The molecule has 1 aliphatic rings. The number of hydrogen-bond acceptors (Lipinski definition) is 3. The molecular weight excluding hydrogens is 623 g/mol. The van der Waals surface area contributed by atoms with Crippen LogP contribution in [-0.4, -0.2) is 22.2 Å². The van der Waals surface area contributed by atoms with Gasteiger partial charge in [-0.2, -0.15) is 0 Å². The minimum Gasteiger partial charge on any atom is -0.454 e. The number of furan rings is 1. The Morgan fingerprint density at radius 1 is 0.510 bits per heavy atom. The van der Waals surface area contributed by atoms with Gasteiger partial charge in [0.2, 0.25) is 0 Å². The van der Waals surface area contributed by atoms with Crippen LogP contribution in [-0.2, 0) is 0 Å². The number of benzene rings is 7. The van der Waals surface area contributed by atoms with Crippen LogP contribution in [0.4, 0.5) is 0 Å². The van der Waals surface area contributed by atoms with E-state index in [-0.39, 0.29) is 6.17 Å². The van der Waals surface area contributed by atoms with Crippen LogP contribution in [0.1, 0.15) is 22.9 Å². The summed E-state index contributed by atoms with van der Waals surface area (Å²) in [5.41, 5.74) is 12.8. The fourth-order valence-electron chi connectivity index (χ4n) is 7.75. The van der Waals surface area contributed by atoms with Crippen molar-refractivity contribution in [3.05, 3.63) is 193 Å². The molecule has 1 aliphatic heterocycles. The van der Waals surface area contributed by atoms with Crippen molar-refractivity contribution in [2.45, 2.75) is 6.17 Å². The maximum atomic E-state index is 6.89. The Hall–Kier alpha value is -6.65. The molecule has 10 rings (SSSR count). The van der Waals surface area contributed by atoms with E-state index in [2.05, 4.69) is 192 Å². The predicted molar refractivity (Wildman–Crippen MR) is 211 cm³/mol. The number of aliphatic imine (C=N–C) groups is 1. The van der Waals surface area contributed by atoms with Gasteiger partial charge in [0.1, 0.15) is 11.7 Å². The quantitative estimate of drug-likeness (QED) is 0.185. The van der Waals surface area contributed by atoms with E-state index < -0.39 is 0 Å². The molecule has 0 bridgehead atoms. The van der Waals surface area contributed by atoms with Crippen LogP contribution >= 0.6 is 0 Å². The molecule has 3 heterocycles. The van der Waals surface area contributed by atoms with Gasteiger partial charge in [0.25, 0.3) is 0 Å². The third-order valence-corrected chi connectivity index (χ3v) is 10.2. The second-order valence-electron chi connectivity index (χ2n) is 13.2. The van der Waals surface area contributed by atoms with Crippen molar-refractivity contribution in [1.82, 2.24) is 9.47 Å². The summed E-state index contributed by atoms with van der Waals surface area (Å²) < 4.78 is 9.25. The normalized spacial score (nSPS) is 14.8. The minimum absolute atomic E-state index is 0.157. The van der Waals surface area contributed by atoms with Gasteiger partial charge in [-0.3, -0.25) is 4.99 Å². The zero-order valence-electron chi connectivity index (χ0n) is 28.1. The molecule has 9 aromatic rings. The lowest BCUT2D eigenvalue weighted by Gasteiger charge is -2.34. The number of rotatable bonds is 5. The number of allylic oxidation sites excluding steroid dienone is 1. The van der Waals surface area contributed by atoms with E-state index in [0.717, 1.165) is 66.8 Å². The number of hydrogen-bond donors (Lipinski definition) is 0. The molecule has 0 amide bonds. The second-order valence-corrected chi connectivity index (χ2v) is 13.2. The van der Waals surface area contributed by atoms with Crippen molar-refractivity contribution < 1.29 is 4.42 Å². The van der Waals surface area contributed by atoms with Gasteiger partial charge in [0.05, 0.1) is 22.4 Å². The predicted octanol–water partition coefficient (Wildman–Crippen LogP) is 11.8. The summed E-state index contributed by atoms with van der Waals surface area (Å²) in [5, 5.41) is 4.61. The van der Waals surface area contributed by atoms with Gasteiger partial charge in [0, 0.05) is 39.9 Å². The van der Waals surface area contributed by atoms with Crippen molar-refractivity contribution in [2.24, 2.45) is 4.99 Å². The average Bonchev–Trinajstić information content (AvgIpc) is 3.74. The summed E-state index contributed by atoms with van der Waals surface area (Å²) in [4.78, 5) is 7.58. The molecule has 0 N–H and O–H groups in total. The number of para-hydroxylation sites is 2. The first-order valence-corrected chi connectivity index (χ1v) is 17.4. The Kier molecular flexibility index (Phi) is 6.75. The molecule has 0 fully saturated rings. The molecule has 2 aromatic heterocycles. The van der Waals surface area contributed by atoms with E-state index in [1.807, 2.05) is 0 Å². The smallest absolute Gasteiger partial charge is 0.159 e. The summed E-state index contributed by atoms with van der Waals surface area (Å²) in [5.74, 6) is 0. The van der Waals surface area contributed by atoms with Gasteiger partial charge < -0.3 is 13.9 Å². The Bertz CT molecular complexity index is 2810. The topological polar surface area (TPSA) is 33.7 Å². The van der Waals surface area contributed by atoms with Crippen molar-refractivity contribution in [1.29, 1.82) is 0 Å². The summed E-state index contributed by atoms with van der Waals surface area (Å²) in [6.45, 7) is 0. The molecule has 7 aromatic carbocycles. The zero-order chi connectivity index (χ0) is 33.9. The highest BCUT2D eigenvalue weighted by molar-refractivity contribution is 6.17. The summed E-state index contributed by atoms with van der Waals surface area (Å²) >= 11 is 0. The Morgan fingerprint density at radius 3 is 1.96 bits per heavy atom. The van der Waals surface area contributed by atoms with Gasteiger partial charge >= 0.3 is 0 Å². The number of aromatic nitrogens is 1. The molecule has 4 heteroatoms. The second kappa shape index (κ2) is 11.7. The summed E-state index contributed by atoms with van der Waals surface area (Å²) in [6, 6.07) is 60.1. The fourth-order valence-corrected chi connectivity index (χ4v) is 7.75. The monoisotopic (exact) mass is 655 g/mol. The molecule has 0 saturated carbocycles. The van der Waals surface area contributed by atoms with Crippen LogP contribution < -0.4 is 0 Å². The molecule has 0 radical (unpaired) electrons. The van der Waals surface area contributed by atoms with Crippen LogP contribution in [0.5, 0.6) is 0 Å². The van der Waals surface area contributed by atoms with E-state index in [1.165, 1.54) is 21.9 Å². The Labute approximate surface area is 295 Å². The first kappa shape index (κ1) is 29.3. The van der Waals surface area contributed by atoms with Crippen molar-refractivity contribution in [3.8, 4) is 16.8 Å².